The van der Waals surface area contributed by atoms with Gasteiger partial charge in [-0.15, -0.1) is 11.8 Å². The zero-order valence-corrected chi connectivity index (χ0v) is 18.5. The molecule has 0 saturated heterocycles. The second kappa shape index (κ2) is 11.9. The Morgan fingerprint density at radius 1 is 0.903 bits per heavy atom. The van der Waals surface area contributed by atoms with Crippen molar-refractivity contribution in [1.82, 2.24) is 0 Å². The van der Waals surface area contributed by atoms with Crippen LogP contribution < -0.4 is 5.32 Å². The van der Waals surface area contributed by atoms with Crippen LogP contribution in [0, 0.1) is 0 Å². The zero-order valence-electron chi connectivity index (χ0n) is 17.7. The molecule has 0 atom stereocenters. The maximum absolute atomic E-state index is 12.1. The predicted octanol–water partition coefficient (Wildman–Crippen LogP) is 4.12. The van der Waals surface area contributed by atoms with Gasteiger partial charge in [0, 0.05) is 22.6 Å². The molecule has 8 heteroatoms. The van der Waals surface area contributed by atoms with Gasteiger partial charge in [0.15, 0.2) is 12.4 Å². The Balaban J connectivity index is 1.73. The molecule has 31 heavy (non-hydrogen) atoms. The number of ketones is 1. The van der Waals surface area contributed by atoms with Gasteiger partial charge < -0.3 is 14.8 Å². The summed E-state index contributed by atoms with van der Waals surface area (Å²) in [5.74, 6) is -1.76. The van der Waals surface area contributed by atoms with Crippen LogP contribution in [-0.4, -0.2) is 42.6 Å². The fraction of sp³-hybridized carbons (Fsp3) is 0.304. The number of benzene rings is 2. The molecule has 0 aromatic heterocycles. The minimum absolute atomic E-state index is 0.00695. The van der Waals surface area contributed by atoms with Crippen LogP contribution in [0.1, 0.15) is 47.4 Å². The van der Waals surface area contributed by atoms with Crippen molar-refractivity contribution in [2.45, 2.75) is 37.7 Å². The lowest BCUT2D eigenvalue weighted by Gasteiger charge is -2.09. The van der Waals surface area contributed by atoms with Crippen LogP contribution in [0.2, 0.25) is 0 Å². The van der Waals surface area contributed by atoms with Crippen molar-refractivity contribution >= 4 is 41.1 Å². The predicted molar refractivity (Wildman–Crippen MR) is 118 cm³/mol. The molecule has 0 radical (unpaired) electrons. The Morgan fingerprint density at radius 2 is 1.52 bits per heavy atom. The monoisotopic (exact) mass is 443 g/mol. The molecule has 2 rings (SSSR count). The molecule has 0 bridgehead atoms. The molecule has 0 aliphatic rings. The number of thioether (sulfide) groups is 1. The fourth-order valence-corrected chi connectivity index (χ4v) is 2.93. The maximum atomic E-state index is 12.1. The topological polar surface area (TPSA) is 98.8 Å². The normalized spacial score (nSPS) is 10.5. The molecule has 0 aliphatic heterocycles. The van der Waals surface area contributed by atoms with Crippen molar-refractivity contribution in [1.29, 1.82) is 0 Å². The van der Waals surface area contributed by atoms with E-state index in [2.05, 4.69) is 5.32 Å². The van der Waals surface area contributed by atoms with E-state index in [0.29, 0.717) is 16.8 Å². The molecule has 2 aromatic carbocycles. The molecule has 2 aromatic rings. The number of esters is 2. The highest BCUT2D eigenvalue weighted by Gasteiger charge is 2.13. The third kappa shape index (κ3) is 8.25. The van der Waals surface area contributed by atoms with Gasteiger partial charge >= 0.3 is 11.9 Å². The summed E-state index contributed by atoms with van der Waals surface area (Å²) in [4.78, 5) is 48.8. The molecule has 7 nitrogen and oxygen atoms in total. The molecule has 0 saturated carbocycles. The molecule has 164 valence electrons. The number of rotatable bonds is 10. The van der Waals surface area contributed by atoms with E-state index < -0.39 is 24.5 Å². The van der Waals surface area contributed by atoms with Gasteiger partial charge in [0.05, 0.1) is 18.1 Å². The summed E-state index contributed by atoms with van der Waals surface area (Å²) in [6.45, 7) is 3.05. The standard InChI is InChI=1S/C23H25NO6S/c1-15(2)30-23(28)17-4-8-18(9-5-17)24-21(26)14-29-22(27)13-12-20(25)16-6-10-19(31-3)11-7-16/h4-11,15H,12-14H2,1-3H3,(H,24,26). The third-order valence-corrected chi connectivity index (χ3v) is 4.82. The first-order valence-corrected chi connectivity index (χ1v) is 10.9. The van der Waals surface area contributed by atoms with E-state index in [4.69, 9.17) is 9.47 Å². The lowest BCUT2D eigenvalue weighted by molar-refractivity contribution is -0.147. The molecule has 1 N–H and O–H groups in total. The summed E-state index contributed by atoms with van der Waals surface area (Å²) < 4.78 is 10.0. The SMILES string of the molecule is CSc1ccc(C(=O)CCC(=O)OCC(=O)Nc2ccc(C(=O)OC(C)C)cc2)cc1. The fourth-order valence-electron chi connectivity index (χ4n) is 2.52. The highest BCUT2D eigenvalue weighted by Crippen LogP contribution is 2.16. The van der Waals surface area contributed by atoms with Crippen molar-refractivity contribution in [3.8, 4) is 0 Å². The molecule has 0 fully saturated rings. The number of carbonyl (C=O) groups excluding carboxylic acids is 4. The summed E-state index contributed by atoms with van der Waals surface area (Å²) in [6, 6.07) is 13.3. The van der Waals surface area contributed by atoms with E-state index in [1.807, 2.05) is 18.4 Å². The number of hydrogen-bond donors (Lipinski definition) is 1. The van der Waals surface area contributed by atoms with Gasteiger partial charge in [-0.05, 0) is 56.5 Å². The summed E-state index contributed by atoms with van der Waals surface area (Å²) in [5.41, 5.74) is 1.35. The van der Waals surface area contributed by atoms with Gasteiger partial charge in [0.2, 0.25) is 0 Å². The molecule has 0 heterocycles. The molecular weight excluding hydrogens is 418 g/mol. The van der Waals surface area contributed by atoms with Crippen LogP contribution in [0.15, 0.2) is 53.4 Å². The van der Waals surface area contributed by atoms with Crippen LogP contribution in [0.3, 0.4) is 0 Å². The molecule has 0 unspecified atom stereocenters. The van der Waals surface area contributed by atoms with Crippen molar-refractivity contribution in [3.63, 3.8) is 0 Å². The van der Waals surface area contributed by atoms with E-state index in [1.165, 1.54) is 12.1 Å². The molecule has 0 aliphatic carbocycles. The highest BCUT2D eigenvalue weighted by atomic mass is 32.2. The van der Waals surface area contributed by atoms with Crippen LogP contribution in [0.5, 0.6) is 0 Å². The number of hydrogen-bond acceptors (Lipinski definition) is 7. The first-order valence-electron chi connectivity index (χ1n) is 9.72. The number of Topliss-reactive ketones (excluding diaryl/α,β-unsaturated/α-hetero) is 1. The number of amides is 1. The number of carbonyl (C=O) groups is 4. The minimum atomic E-state index is -0.629. The molecular formula is C23H25NO6S. The van der Waals surface area contributed by atoms with E-state index in [0.717, 1.165) is 4.90 Å². The number of nitrogens with one attached hydrogen (secondary N) is 1. The largest absolute Gasteiger partial charge is 0.459 e. The Kier molecular flexibility index (Phi) is 9.27. The van der Waals surface area contributed by atoms with Gasteiger partial charge in [-0.2, -0.15) is 0 Å². The summed E-state index contributed by atoms with van der Waals surface area (Å²) >= 11 is 1.58. The smallest absolute Gasteiger partial charge is 0.338 e. The zero-order chi connectivity index (χ0) is 22.8. The van der Waals surface area contributed by atoms with Crippen LogP contribution >= 0.6 is 11.8 Å². The lowest BCUT2D eigenvalue weighted by atomic mass is 10.1. The van der Waals surface area contributed by atoms with Crippen molar-refractivity contribution in [2.75, 3.05) is 18.2 Å². The van der Waals surface area contributed by atoms with Gasteiger partial charge in [-0.1, -0.05) is 12.1 Å². The van der Waals surface area contributed by atoms with Crippen LogP contribution in [0.25, 0.3) is 0 Å². The first-order chi connectivity index (χ1) is 14.8. The summed E-state index contributed by atoms with van der Waals surface area (Å²) in [6.07, 6.45) is 1.62. The van der Waals surface area contributed by atoms with Crippen LogP contribution in [0.4, 0.5) is 5.69 Å². The Bertz CT molecular complexity index is 922. The average molecular weight is 444 g/mol. The van der Waals surface area contributed by atoms with E-state index in [9.17, 15) is 19.2 Å². The lowest BCUT2D eigenvalue weighted by Crippen LogP contribution is -2.21. The number of ether oxygens (including phenoxy) is 2. The second-order valence-corrected chi connectivity index (χ2v) is 7.77. The summed E-state index contributed by atoms with van der Waals surface area (Å²) in [7, 11) is 0. The highest BCUT2D eigenvalue weighted by molar-refractivity contribution is 7.98. The molecule has 0 spiro atoms. The third-order valence-electron chi connectivity index (χ3n) is 4.08. The van der Waals surface area contributed by atoms with Gasteiger partial charge in [-0.3, -0.25) is 14.4 Å². The summed E-state index contributed by atoms with van der Waals surface area (Å²) in [5, 5.41) is 2.57. The van der Waals surface area contributed by atoms with Crippen molar-refractivity contribution in [3.05, 3.63) is 59.7 Å². The van der Waals surface area contributed by atoms with Gasteiger partial charge in [-0.25, -0.2) is 4.79 Å². The van der Waals surface area contributed by atoms with Crippen LogP contribution in [-0.2, 0) is 19.1 Å². The average Bonchev–Trinajstić information content (AvgIpc) is 2.76. The Morgan fingerprint density at radius 3 is 2.10 bits per heavy atom. The first kappa shape index (κ1) is 24.1. The van der Waals surface area contributed by atoms with Gasteiger partial charge in [0.1, 0.15) is 0 Å². The van der Waals surface area contributed by atoms with E-state index in [-0.39, 0.29) is 24.7 Å². The van der Waals surface area contributed by atoms with E-state index in [1.54, 1.807) is 49.9 Å². The van der Waals surface area contributed by atoms with Gasteiger partial charge in [0.25, 0.3) is 5.91 Å². The maximum Gasteiger partial charge on any atom is 0.338 e. The quantitative estimate of drug-likeness (QED) is 0.335. The number of anilines is 1. The van der Waals surface area contributed by atoms with Crippen molar-refractivity contribution < 1.29 is 28.7 Å². The minimum Gasteiger partial charge on any atom is -0.459 e. The second-order valence-electron chi connectivity index (χ2n) is 6.89. The van der Waals surface area contributed by atoms with Crippen molar-refractivity contribution in [2.24, 2.45) is 0 Å². The molecule has 1 amide bonds. The Hall–Kier alpha value is -3.13. The Labute approximate surface area is 185 Å². The van der Waals surface area contributed by atoms with E-state index >= 15 is 0 Å².